The highest BCUT2D eigenvalue weighted by Gasteiger charge is 2.24. The first kappa shape index (κ1) is 53.6. The average Bonchev–Trinajstić information content (AvgIpc) is 3.18. The van der Waals surface area contributed by atoms with Crippen molar-refractivity contribution in [2.45, 2.75) is 283 Å². The van der Waals surface area contributed by atoms with E-state index in [4.69, 9.17) is 4.74 Å². The number of ether oxygens (including phenoxy) is 1. The summed E-state index contributed by atoms with van der Waals surface area (Å²) >= 11 is 0. The lowest BCUT2D eigenvalue weighted by atomic mass is 10.0. The predicted octanol–water partition coefficient (Wildman–Crippen LogP) is 14.2. The van der Waals surface area contributed by atoms with Crippen molar-refractivity contribution >= 4 is 11.9 Å². The quantitative estimate of drug-likeness (QED) is 0.0325. The molecule has 0 rings (SSSR count). The predicted molar refractivity (Wildman–Crippen MR) is 237 cm³/mol. The van der Waals surface area contributed by atoms with Gasteiger partial charge >= 0.3 is 5.97 Å². The number of unbranched alkanes of at least 4 members (excludes halogenated alkanes) is 30. The van der Waals surface area contributed by atoms with Crippen LogP contribution in [0.4, 0.5) is 0 Å². The summed E-state index contributed by atoms with van der Waals surface area (Å²) in [5.41, 5.74) is 0. The number of rotatable bonds is 44. The van der Waals surface area contributed by atoms with Gasteiger partial charge in [0.15, 0.2) is 0 Å². The highest BCUT2D eigenvalue weighted by atomic mass is 16.5. The van der Waals surface area contributed by atoms with Gasteiger partial charge in [-0.05, 0) is 44.9 Å². The summed E-state index contributed by atoms with van der Waals surface area (Å²) in [6.07, 6.45) is 47.0. The Balaban J connectivity index is 4.53. The zero-order valence-corrected chi connectivity index (χ0v) is 37.1. The van der Waals surface area contributed by atoms with Crippen LogP contribution in [0.25, 0.3) is 0 Å². The van der Waals surface area contributed by atoms with Crippen LogP contribution in [0.3, 0.4) is 0 Å². The maximum atomic E-state index is 13.1. The summed E-state index contributed by atoms with van der Waals surface area (Å²) in [5, 5.41) is 23.7. The van der Waals surface area contributed by atoms with E-state index in [0.717, 1.165) is 51.4 Å². The van der Waals surface area contributed by atoms with Gasteiger partial charge in [-0.3, -0.25) is 9.59 Å². The zero-order chi connectivity index (χ0) is 40.3. The lowest BCUT2D eigenvalue weighted by Crippen LogP contribution is -2.46. The van der Waals surface area contributed by atoms with Gasteiger partial charge in [-0.15, -0.1) is 0 Å². The second kappa shape index (κ2) is 43.7. The molecule has 0 aromatic carbocycles. The van der Waals surface area contributed by atoms with Crippen LogP contribution in [0, 0.1) is 0 Å². The van der Waals surface area contributed by atoms with Gasteiger partial charge in [-0.1, -0.05) is 219 Å². The fourth-order valence-electron chi connectivity index (χ4n) is 7.61. The van der Waals surface area contributed by atoms with Crippen LogP contribution >= 0.6 is 0 Å². The monoisotopic (exact) mass is 778 g/mol. The Morgan fingerprint density at radius 2 is 0.891 bits per heavy atom. The highest BCUT2D eigenvalue weighted by Crippen LogP contribution is 2.17. The van der Waals surface area contributed by atoms with Crippen LogP contribution in [0.15, 0.2) is 12.2 Å². The number of aliphatic hydroxyl groups excluding tert-OH is 2. The Labute approximate surface area is 342 Å². The fourth-order valence-corrected chi connectivity index (χ4v) is 7.61. The van der Waals surface area contributed by atoms with Gasteiger partial charge in [-0.2, -0.15) is 0 Å². The summed E-state index contributed by atoms with van der Waals surface area (Å²) in [6, 6.07) is -0.702. The van der Waals surface area contributed by atoms with Gasteiger partial charge < -0.3 is 20.3 Å². The molecule has 326 valence electrons. The minimum Gasteiger partial charge on any atom is -0.462 e. The molecule has 0 aliphatic carbocycles. The number of esters is 1. The number of hydrogen-bond acceptors (Lipinski definition) is 5. The van der Waals surface area contributed by atoms with Crippen LogP contribution in [-0.2, 0) is 14.3 Å². The van der Waals surface area contributed by atoms with E-state index in [9.17, 15) is 19.8 Å². The molecule has 0 aromatic heterocycles. The minimum atomic E-state index is -0.787. The van der Waals surface area contributed by atoms with Gasteiger partial charge in [0.05, 0.1) is 25.2 Å². The largest absolute Gasteiger partial charge is 0.462 e. The van der Waals surface area contributed by atoms with E-state index in [1.54, 1.807) is 0 Å². The molecule has 55 heavy (non-hydrogen) atoms. The third kappa shape index (κ3) is 39.2. The number of amides is 1. The summed E-state index contributed by atoms with van der Waals surface area (Å²) in [4.78, 5) is 26.0. The maximum Gasteiger partial charge on any atom is 0.306 e. The summed E-state index contributed by atoms with van der Waals surface area (Å²) < 4.78 is 5.89. The molecular formula is C49H95NO5. The molecule has 0 fully saturated rings. The Hall–Kier alpha value is -1.40. The molecule has 0 bridgehead atoms. The third-order valence-corrected chi connectivity index (χ3v) is 11.3. The van der Waals surface area contributed by atoms with Crippen LogP contribution in [0.5, 0.6) is 0 Å². The Morgan fingerprint density at radius 1 is 0.509 bits per heavy atom. The fraction of sp³-hybridized carbons (Fsp3) is 0.918. The SMILES string of the molecule is CCCCCCCC/C=C\CCCC(CC(=O)NC(CO)C(O)CCCCCCCCCCCCCCCC)OC(=O)CCCCCCCCCCCCC. The van der Waals surface area contributed by atoms with Gasteiger partial charge in [0.25, 0.3) is 0 Å². The Bertz CT molecular complexity index is 832. The van der Waals surface area contributed by atoms with Gasteiger partial charge in [0.2, 0.25) is 5.91 Å². The molecule has 0 heterocycles. The molecule has 6 heteroatoms. The second-order valence-electron chi connectivity index (χ2n) is 16.9. The van der Waals surface area contributed by atoms with E-state index in [0.29, 0.717) is 19.3 Å². The van der Waals surface area contributed by atoms with E-state index in [1.807, 2.05) is 0 Å². The molecule has 0 aliphatic heterocycles. The standard InChI is InChI=1S/C49H95NO5/c1-4-7-10-13-16-19-22-23-24-27-29-32-35-38-41-47(52)46(44-51)50-48(53)43-45(40-37-34-31-28-25-20-17-14-11-8-5-2)55-49(54)42-39-36-33-30-26-21-18-15-12-9-6-3/h28,31,45-47,51-52H,4-27,29-30,32-44H2,1-3H3,(H,50,53)/b31-28-. The van der Waals surface area contributed by atoms with E-state index in [1.165, 1.54) is 167 Å². The first-order chi connectivity index (χ1) is 27.0. The number of hydrogen-bond donors (Lipinski definition) is 3. The molecule has 1 amide bonds. The van der Waals surface area contributed by atoms with Crippen LogP contribution in [0.1, 0.15) is 265 Å². The lowest BCUT2D eigenvalue weighted by molar-refractivity contribution is -0.151. The summed E-state index contributed by atoms with van der Waals surface area (Å²) in [7, 11) is 0. The minimum absolute atomic E-state index is 0.0630. The number of carbonyl (C=O) groups is 2. The number of carbonyl (C=O) groups excluding carboxylic acids is 2. The van der Waals surface area contributed by atoms with Gasteiger partial charge in [-0.25, -0.2) is 0 Å². The lowest BCUT2D eigenvalue weighted by Gasteiger charge is -2.24. The van der Waals surface area contributed by atoms with E-state index in [-0.39, 0.29) is 24.9 Å². The topological polar surface area (TPSA) is 95.9 Å². The third-order valence-electron chi connectivity index (χ3n) is 11.3. The summed E-state index contributed by atoms with van der Waals surface area (Å²) in [5.74, 6) is -0.492. The molecule has 0 saturated carbocycles. The Kier molecular flexibility index (Phi) is 42.6. The first-order valence-electron chi connectivity index (χ1n) is 24.4. The smallest absolute Gasteiger partial charge is 0.306 e. The van der Waals surface area contributed by atoms with Crippen molar-refractivity contribution in [2.75, 3.05) is 6.61 Å². The summed E-state index contributed by atoms with van der Waals surface area (Å²) in [6.45, 7) is 6.47. The molecular weight excluding hydrogens is 683 g/mol. The van der Waals surface area contributed by atoms with Gasteiger partial charge in [0.1, 0.15) is 6.10 Å². The molecule has 3 N–H and O–H groups in total. The average molecular weight is 778 g/mol. The maximum absolute atomic E-state index is 13.1. The molecule has 0 radical (unpaired) electrons. The van der Waals surface area contributed by atoms with Crippen molar-refractivity contribution in [1.29, 1.82) is 0 Å². The second-order valence-corrected chi connectivity index (χ2v) is 16.9. The van der Waals surface area contributed by atoms with E-state index in [2.05, 4.69) is 38.2 Å². The molecule has 3 unspecified atom stereocenters. The number of aliphatic hydroxyl groups is 2. The molecule has 6 nitrogen and oxygen atoms in total. The molecule has 0 spiro atoms. The van der Waals surface area contributed by atoms with Crippen molar-refractivity contribution in [3.63, 3.8) is 0 Å². The van der Waals surface area contributed by atoms with Crippen LogP contribution < -0.4 is 5.32 Å². The normalized spacial score (nSPS) is 13.3. The number of allylic oxidation sites excluding steroid dienone is 2. The van der Waals surface area contributed by atoms with Crippen molar-refractivity contribution in [3.8, 4) is 0 Å². The van der Waals surface area contributed by atoms with Crippen molar-refractivity contribution in [3.05, 3.63) is 12.2 Å². The van der Waals surface area contributed by atoms with E-state index < -0.39 is 18.2 Å². The molecule has 0 aromatic rings. The van der Waals surface area contributed by atoms with Crippen LogP contribution in [0.2, 0.25) is 0 Å². The first-order valence-corrected chi connectivity index (χ1v) is 24.4. The highest BCUT2D eigenvalue weighted by molar-refractivity contribution is 5.77. The van der Waals surface area contributed by atoms with E-state index >= 15 is 0 Å². The zero-order valence-electron chi connectivity index (χ0n) is 37.1. The molecule has 0 aliphatic rings. The van der Waals surface area contributed by atoms with Crippen molar-refractivity contribution in [2.24, 2.45) is 0 Å². The van der Waals surface area contributed by atoms with Crippen LogP contribution in [-0.4, -0.2) is 46.9 Å². The molecule has 3 atom stereocenters. The number of nitrogens with one attached hydrogen (secondary N) is 1. The molecule has 0 saturated heterocycles. The van der Waals surface area contributed by atoms with Crippen molar-refractivity contribution < 1.29 is 24.5 Å². The van der Waals surface area contributed by atoms with Crippen molar-refractivity contribution in [1.82, 2.24) is 5.32 Å². The van der Waals surface area contributed by atoms with Gasteiger partial charge in [0, 0.05) is 6.42 Å². The Morgan fingerprint density at radius 3 is 1.33 bits per heavy atom.